The summed E-state index contributed by atoms with van der Waals surface area (Å²) in [5.74, 6) is 0. The van der Waals surface area contributed by atoms with E-state index in [1.807, 2.05) is 0 Å². The van der Waals surface area contributed by atoms with Crippen LogP contribution in [0.25, 0.3) is 82.3 Å². The Morgan fingerprint density at radius 2 is 1.08 bits per heavy atom. The van der Waals surface area contributed by atoms with E-state index in [-0.39, 0.29) is 0 Å². The van der Waals surface area contributed by atoms with Gasteiger partial charge in [-0.3, -0.25) is 0 Å². The van der Waals surface area contributed by atoms with Crippen molar-refractivity contribution in [1.29, 1.82) is 0 Å². The van der Waals surface area contributed by atoms with Gasteiger partial charge in [-0.2, -0.15) is 0 Å². The van der Waals surface area contributed by atoms with Crippen molar-refractivity contribution in [2.24, 2.45) is 0 Å². The van der Waals surface area contributed by atoms with E-state index in [4.69, 9.17) is 0 Å². The molecule has 2 aromatic heterocycles. The second-order valence-corrected chi connectivity index (χ2v) is 12.8. The van der Waals surface area contributed by atoms with Gasteiger partial charge >= 0.3 is 0 Å². The van der Waals surface area contributed by atoms with Crippen molar-refractivity contribution in [3.63, 3.8) is 0 Å². The lowest BCUT2D eigenvalue weighted by atomic mass is 10.0. The third-order valence-electron chi connectivity index (χ3n) is 9.93. The highest BCUT2D eigenvalue weighted by molar-refractivity contribution is 6.22. The fourth-order valence-corrected chi connectivity index (χ4v) is 7.56. The number of nitrogens with zero attached hydrogens (tertiary/aromatic N) is 1. The van der Waals surface area contributed by atoms with Crippen LogP contribution < -0.4 is 5.32 Å². The maximum atomic E-state index is 3.69. The molecule has 0 saturated carbocycles. The Kier molecular flexibility index (Phi) is 6.18. The quantitative estimate of drug-likeness (QED) is 0.196. The molecule has 0 bridgehead atoms. The van der Waals surface area contributed by atoms with E-state index < -0.39 is 0 Å². The molecule has 0 spiro atoms. The fourth-order valence-electron chi connectivity index (χ4n) is 7.56. The summed E-state index contributed by atoms with van der Waals surface area (Å²) >= 11 is 0. The zero-order valence-corrected chi connectivity index (χ0v) is 26.7. The van der Waals surface area contributed by atoms with Crippen molar-refractivity contribution in [3.8, 4) is 27.9 Å². The molecular weight excluding hydrogens is 595 g/mol. The summed E-state index contributed by atoms with van der Waals surface area (Å²) in [7, 11) is 0. The molecule has 0 atom stereocenters. The number of benzene rings is 8. The van der Waals surface area contributed by atoms with Gasteiger partial charge in [0.05, 0.1) is 22.2 Å². The second-order valence-electron chi connectivity index (χ2n) is 12.8. The first kappa shape index (κ1) is 27.5. The van der Waals surface area contributed by atoms with Crippen LogP contribution in [-0.4, -0.2) is 9.55 Å². The van der Waals surface area contributed by atoms with Gasteiger partial charge in [-0.05, 0) is 81.6 Å². The van der Waals surface area contributed by atoms with Gasteiger partial charge in [0.15, 0.2) is 0 Å². The molecule has 0 aliphatic heterocycles. The van der Waals surface area contributed by atoms with Crippen LogP contribution in [0.5, 0.6) is 0 Å². The number of anilines is 2. The highest BCUT2D eigenvalue weighted by Crippen LogP contribution is 2.38. The molecule has 0 fully saturated rings. The molecule has 2 N–H and O–H groups in total. The summed E-state index contributed by atoms with van der Waals surface area (Å²) in [4.78, 5) is 3.69. The molecule has 8 aromatic carbocycles. The number of aromatic amines is 1. The first-order chi connectivity index (χ1) is 24.3. The van der Waals surface area contributed by atoms with Gasteiger partial charge in [-0.25, -0.2) is 0 Å². The molecule has 0 aliphatic carbocycles. The van der Waals surface area contributed by atoms with Crippen LogP contribution in [-0.2, 0) is 0 Å². The second kappa shape index (κ2) is 11.0. The van der Waals surface area contributed by atoms with E-state index in [1.54, 1.807) is 0 Å². The largest absolute Gasteiger partial charge is 0.354 e. The molecule has 0 aliphatic rings. The molecule has 0 radical (unpaired) electrons. The number of fused-ring (bicyclic) bond motifs is 8. The smallest absolute Gasteiger partial charge is 0.0704 e. The minimum atomic E-state index is 1.05. The maximum absolute atomic E-state index is 3.69. The summed E-state index contributed by atoms with van der Waals surface area (Å²) in [6, 6.07) is 63.3. The molecule has 2 heterocycles. The Hall–Kier alpha value is -6.58. The molecule has 3 heteroatoms. The van der Waals surface area contributed by atoms with Crippen LogP contribution in [0.1, 0.15) is 0 Å². The van der Waals surface area contributed by atoms with E-state index >= 15 is 0 Å². The number of nitrogens with one attached hydrogen (secondary N) is 2. The predicted octanol–water partition coefficient (Wildman–Crippen LogP) is 12.6. The zero-order chi connectivity index (χ0) is 32.3. The SMILES string of the molecule is c1ccc(-c2ccc(-n3c4ccccc4c4ccc(-c5ccc(Nc6cccc7c6[nH]c6ccc8ccccc8c67)cc5)cc43)cc2)cc1. The Bertz CT molecular complexity index is 2820. The average molecular weight is 626 g/mol. The predicted molar refractivity (Wildman–Crippen MR) is 208 cm³/mol. The number of para-hydroxylation sites is 2. The molecule has 10 aromatic rings. The Morgan fingerprint density at radius 1 is 0.429 bits per heavy atom. The van der Waals surface area contributed by atoms with E-state index in [0.29, 0.717) is 0 Å². The van der Waals surface area contributed by atoms with Crippen LogP contribution in [0.15, 0.2) is 176 Å². The minimum Gasteiger partial charge on any atom is -0.354 e. The van der Waals surface area contributed by atoms with Crippen LogP contribution >= 0.6 is 0 Å². The summed E-state index contributed by atoms with van der Waals surface area (Å²) in [6.07, 6.45) is 0. The summed E-state index contributed by atoms with van der Waals surface area (Å²) in [5, 5.41) is 11.2. The van der Waals surface area contributed by atoms with Gasteiger partial charge in [-0.15, -0.1) is 0 Å². The molecule has 10 rings (SSSR count). The van der Waals surface area contributed by atoms with Crippen molar-refractivity contribution in [3.05, 3.63) is 176 Å². The number of hydrogen-bond donors (Lipinski definition) is 2. The normalized spacial score (nSPS) is 11.7. The molecule has 0 saturated heterocycles. The van der Waals surface area contributed by atoms with Gasteiger partial charge in [0.25, 0.3) is 0 Å². The standard InChI is InChI=1S/C46H31N3/c1-2-9-30(10-3-1)31-19-25-36(26-20-31)49-43-16-7-6-13-38(43)39-27-21-34(29-44(39)49)32-17-23-35(24-18-32)47-42-15-8-14-40-45-37-12-5-4-11-33(37)22-28-41(45)48-46(40)42/h1-29,47-48H. The van der Waals surface area contributed by atoms with Crippen molar-refractivity contribution in [1.82, 2.24) is 9.55 Å². The lowest BCUT2D eigenvalue weighted by Gasteiger charge is -2.11. The minimum absolute atomic E-state index is 1.05. The van der Waals surface area contributed by atoms with Crippen molar-refractivity contribution < 1.29 is 0 Å². The van der Waals surface area contributed by atoms with Gasteiger partial charge in [-0.1, -0.05) is 127 Å². The number of aromatic nitrogens is 2. The van der Waals surface area contributed by atoms with Gasteiger partial charge < -0.3 is 14.9 Å². The van der Waals surface area contributed by atoms with E-state index in [9.17, 15) is 0 Å². The van der Waals surface area contributed by atoms with E-state index in [0.717, 1.165) is 28.1 Å². The maximum Gasteiger partial charge on any atom is 0.0704 e. The highest BCUT2D eigenvalue weighted by Gasteiger charge is 2.14. The lowest BCUT2D eigenvalue weighted by molar-refractivity contribution is 1.18. The number of H-pyrrole nitrogens is 1. The Morgan fingerprint density at radius 3 is 1.94 bits per heavy atom. The van der Waals surface area contributed by atoms with E-state index in [1.165, 1.54) is 65.6 Å². The number of rotatable bonds is 5. The first-order valence-electron chi connectivity index (χ1n) is 16.8. The van der Waals surface area contributed by atoms with Gasteiger partial charge in [0, 0.05) is 38.4 Å². The first-order valence-corrected chi connectivity index (χ1v) is 16.8. The number of hydrogen-bond acceptors (Lipinski definition) is 1. The summed E-state index contributed by atoms with van der Waals surface area (Å²) < 4.78 is 2.39. The van der Waals surface area contributed by atoms with Crippen LogP contribution in [0.3, 0.4) is 0 Å². The van der Waals surface area contributed by atoms with Crippen molar-refractivity contribution in [2.75, 3.05) is 5.32 Å². The van der Waals surface area contributed by atoms with Crippen molar-refractivity contribution in [2.45, 2.75) is 0 Å². The van der Waals surface area contributed by atoms with Gasteiger partial charge in [0.2, 0.25) is 0 Å². The third kappa shape index (κ3) is 4.51. The monoisotopic (exact) mass is 625 g/mol. The van der Waals surface area contributed by atoms with Crippen molar-refractivity contribution >= 4 is 65.8 Å². The molecule has 230 valence electrons. The van der Waals surface area contributed by atoms with Crippen LogP contribution in [0, 0.1) is 0 Å². The lowest BCUT2D eigenvalue weighted by Crippen LogP contribution is -1.94. The zero-order valence-electron chi connectivity index (χ0n) is 26.7. The fraction of sp³-hybridized carbons (Fsp3) is 0. The molecular formula is C46H31N3. The molecule has 0 unspecified atom stereocenters. The van der Waals surface area contributed by atoms with Crippen LogP contribution in [0.2, 0.25) is 0 Å². The Labute approximate surface area is 283 Å². The average Bonchev–Trinajstić information content (AvgIpc) is 3.72. The summed E-state index contributed by atoms with van der Waals surface area (Å²) in [5.41, 5.74) is 12.8. The summed E-state index contributed by atoms with van der Waals surface area (Å²) in [6.45, 7) is 0. The third-order valence-corrected chi connectivity index (χ3v) is 9.93. The molecule has 0 amide bonds. The highest BCUT2D eigenvalue weighted by atomic mass is 15.0. The van der Waals surface area contributed by atoms with Crippen LogP contribution in [0.4, 0.5) is 11.4 Å². The topological polar surface area (TPSA) is 32.8 Å². The van der Waals surface area contributed by atoms with E-state index in [2.05, 4.69) is 191 Å². The Balaban J connectivity index is 1.01. The van der Waals surface area contributed by atoms with Gasteiger partial charge in [0.1, 0.15) is 0 Å². The molecule has 3 nitrogen and oxygen atoms in total. The molecule has 49 heavy (non-hydrogen) atoms.